The van der Waals surface area contributed by atoms with E-state index < -0.39 is 17.8 Å². The van der Waals surface area contributed by atoms with Crippen LogP contribution in [-0.4, -0.2) is 11.1 Å². The topological polar surface area (TPSA) is 63.3 Å². The zero-order chi connectivity index (χ0) is 10.7. The summed E-state index contributed by atoms with van der Waals surface area (Å²) < 4.78 is 13.3. The van der Waals surface area contributed by atoms with E-state index in [-0.39, 0.29) is 17.0 Å². The Kier molecular flexibility index (Phi) is 3.43. The van der Waals surface area contributed by atoms with Crippen LogP contribution in [0, 0.1) is 5.82 Å². The number of carbonyl (C=O) groups is 1. The van der Waals surface area contributed by atoms with Crippen molar-refractivity contribution in [3.63, 3.8) is 0 Å². The summed E-state index contributed by atoms with van der Waals surface area (Å²) in [7, 11) is 0. The van der Waals surface area contributed by atoms with E-state index >= 15 is 0 Å². The molecule has 3 nitrogen and oxygen atoms in total. The molecule has 0 aliphatic heterocycles. The Labute approximate surface area is 85.3 Å². The summed E-state index contributed by atoms with van der Waals surface area (Å²) in [6.45, 7) is 0. The highest BCUT2D eigenvalue weighted by molar-refractivity contribution is 6.30. The first kappa shape index (κ1) is 10.9. The number of carboxylic acids is 1. The molecule has 0 unspecified atom stereocenters. The highest BCUT2D eigenvalue weighted by atomic mass is 35.5. The molecule has 0 aromatic heterocycles. The molecular weight excluding hydrogens is 209 g/mol. The van der Waals surface area contributed by atoms with Crippen LogP contribution in [-0.2, 0) is 4.79 Å². The largest absolute Gasteiger partial charge is 0.481 e. The quantitative estimate of drug-likeness (QED) is 0.814. The van der Waals surface area contributed by atoms with Crippen LogP contribution < -0.4 is 5.73 Å². The molecule has 0 heterocycles. The zero-order valence-corrected chi connectivity index (χ0v) is 7.96. The number of nitrogens with two attached hydrogens (primary N) is 1. The number of hydrogen-bond donors (Lipinski definition) is 2. The Morgan fingerprint density at radius 2 is 2.29 bits per heavy atom. The molecule has 0 saturated carbocycles. The second-order valence-corrected chi connectivity index (χ2v) is 3.25. The van der Waals surface area contributed by atoms with Crippen molar-refractivity contribution in [2.45, 2.75) is 12.5 Å². The minimum Gasteiger partial charge on any atom is -0.481 e. The molecule has 1 aromatic carbocycles. The number of benzene rings is 1. The first-order valence-electron chi connectivity index (χ1n) is 3.93. The molecule has 0 radical (unpaired) electrons. The molecule has 0 aliphatic carbocycles. The van der Waals surface area contributed by atoms with Gasteiger partial charge in [-0.1, -0.05) is 23.7 Å². The molecule has 0 bridgehead atoms. The second-order valence-electron chi connectivity index (χ2n) is 2.85. The Morgan fingerprint density at radius 1 is 1.64 bits per heavy atom. The molecule has 0 aliphatic rings. The number of rotatable bonds is 3. The summed E-state index contributed by atoms with van der Waals surface area (Å²) >= 11 is 5.52. The van der Waals surface area contributed by atoms with Crippen molar-refractivity contribution in [1.82, 2.24) is 0 Å². The van der Waals surface area contributed by atoms with Gasteiger partial charge in [0.25, 0.3) is 0 Å². The maximum Gasteiger partial charge on any atom is 0.305 e. The number of hydrogen-bond acceptors (Lipinski definition) is 2. The highest BCUT2D eigenvalue weighted by Gasteiger charge is 2.16. The second kappa shape index (κ2) is 4.39. The smallest absolute Gasteiger partial charge is 0.305 e. The van der Waals surface area contributed by atoms with Gasteiger partial charge in [0.2, 0.25) is 0 Å². The lowest BCUT2D eigenvalue weighted by Crippen LogP contribution is -2.16. The summed E-state index contributed by atoms with van der Waals surface area (Å²) in [6.07, 6.45) is -0.322. The minimum absolute atomic E-state index is 0.0525. The van der Waals surface area contributed by atoms with Crippen LogP contribution >= 0.6 is 11.6 Å². The first-order chi connectivity index (χ1) is 6.52. The molecule has 0 spiro atoms. The molecule has 1 rings (SSSR count). The van der Waals surface area contributed by atoms with Gasteiger partial charge >= 0.3 is 5.97 Å². The van der Waals surface area contributed by atoms with Crippen molar-refractivity contribution in [3.05, 3.63) is 34.6 Å². The fourth-order valence-corrected chi connectivity index (χ4v) is 1.29. The fraction of sp³-hybridized carbons (Fsp3) is 0.222. The lowest BCUT2D eigenvalue weighted by Gasteiger charge is -2.10. The molecular formula is C9H9ClFNO2. The Bertz CT molecular complexity index is 357. The van der Waals surface area contributed by atoms with Gasteiger partial charge in [0.1, 0.15) is 5.82 Å². The summed E-state index contributed by atoms with van der Waals surface area (Å²) in [5, 5.41) is 8.42. The van der Waals surface area contributed by atoms with Gasteiger partial charge in [-0.3, -0.25) is 4.79 Å². The van der Waals surface area contributed by atoms with E-state index in [2.05, 4.69) is 0 Å². The van der Waals surface area contributed by atoms with Gasteiger partial charge in [-0.25, -0.2) is 4.39 Å². The van der Waals surface area contributed by atoms with E-state index in [4.69, 9.17) is 22.4 Å². The standard InChI is InChI=1S/C9H9ClFNO2/c10-6-3-1-2-5(9(6)11)7(12)4-8(13)14/h1-3,7H,4,12H2,(H,13,14)/t7-/m1/s1. The third-order valence-electron chi connectivity index (χ3n) is 1.78. The van der Waals surface area contributed by atoms with E-state index in [1.807, 2.05) is 0 Å². The van der Waals surface area contributed by atoms with Gasteiger partial charge in [-0.15, -0.1) is 0 Å². The van der Waals surface area contributed by atoms with Gasteiger partial charge < -0.3 is 10.8 Å². The molecule has 0 saturated heterocycles. The Hall–Kier alpha value is -1.13. The van der Waals surface area contributed by atoms with E-state index in [0.29, 0.717) is 0 Å². The van der Waals surface area contributed by atoms with Crippen molar-refractivity contribution in [2.24, 2.45) is 5.73 Å². The van der Waals surface area contributed by atoms with Crippen LogP contribution in [0.15, 0.2) is 18.2 Å². The monoisotopic (exact) mass is 217 g/mol. The van der Waals surface area contributed by atoms with Gasteiger partial charge in [0.15, 0.2) is 0 Å². The van der Waals surface area contributed by atoms with Crippen LogP contribution in [0.3, 0.4) is 0 Å². The molecule has 0 fully saturated rings. The van der Waals surface area contributed by atoms with E-state index in [1.54, 1.807) is 0 Å². The molecule has 1 aromatic rings. The third-order valence-corrected chi connectivity index (χ3v) is 2.07. The Balaban J connectivity index is 2.95. The van der Waals surface area contributed by atoms with Crippen molar-refractivity contribution in [1.29, 1.82) is 0 Å². The molecule has 14 heavy (non-hydrogen) atoms. The summed E-state index contributed by atoms with van der Waals surface area (Å²) in [6, 6.07) is 3.47. The number of aliphatic carboxylic acids is 1. The van der Waals surface area contributed by atoms with Crippen molar-refractivity contribution in [2.75, 3.05) is 0 Å². The third kappa shape index (κ3) is 2.43. The maximum absolute atomic E-state index is 13.3. The molecule has 1 atom stereocenters. The highest BCUT2D eigenvalue weighted by Crippen LogP contribution is 2.23. The van der Waals surface area contributed by atoms with Crippen molar-refractivity contribution >= 4 is 17.6 Å². The molecule has 0 amide bonds. The minimum atomic E-state index is -1.07. The first-order valence-corrected chi connectivity index (χ1v) is 4.31. The van der Waals surface area contributed by atoms with Gasteiger partial charge in [0.05, 0.1) is 11.4 Å². The molecule has 76 valence electrons. The average molecular weight is 218 g/mol. The number of carboxylic acid groups (broad SMARTS) is 1. The summed E-state index contributed by atoms with van der Waals surface area (Å²) in [5.74, 6) is -1.72. The summed E-state index contributed by atoms with van der Waals surface area (Å²) in [5.41, 5.74) is 5.61. The van der Waals surface area contributed by atoms with E-state index in [1.165, 1.54) is 18.2 Å². The van der Waals surface area contributed by atoms with Crippen LogP contribution in [0.25, 0.3) is 0 Å². The fourth-order valence-electron chi connectivity index (χ4n) is 1.10. The van der Waals surface area contributed by atoms with Crippen molar-refractivity contribution < 1.29 is 14.3 Å². The predicted molar refractivity (Wildman–Crippen MR) is 50.6 cm³/mol. The van der Waals surface area contributed by atoms with Gasteiger partial charge in [0, 0.05) is 11.6 Å². The summed E-state index contributed by atoms with van der Waals surface area (Å²) in [4.78, 5) is 10.3. The van der Waals surface area contributed by atoms with Crippen molar-refractivity contribution in [3.8, 4) is 0 Å². The average Bonchev–Trinajstić information content (AvgIpc) is 2.08. The van der Waals surface area contributed by atoms with Gasteiger partial charge in [-0.05, 0) is 6.07 Å². The predicted octanol–water partition coefficient (Wildman–Crippen LogP) is 1.95. The van der Waals surface area contributed by atoms with Crippen LogP contribution in [0.4, 0.5) is 4.39 Å². The molecule has 5 heteroatoms. The lowest BCUT2D eigenvalue weighted by atomic mass is 10.0. The lowest BCUT2D eigenvalue weighted by molar-refractivity contribution is -0.137. The SMILES string of the molecule is N[C@H](CC(=O)O)c1cccc(Cl)c1F. The molecule has 3 N–H and O–H groups in total. The van der Waals surface area contributed by atoms with Gasteiger partial charge in [-0.2, -0.15) is 0 Å². The van der Waals surface area contributed by atoms with E-state index in [9.17, 15) is 9.18 Å². The Morgan fingerprint density at radius 3 is 2.86 bits per heavy atom. The zero-order valence-electron chi connectivity index (χ0n) is 7.21. The van der Waals surface area contributed by atoms with Crippen LogP contribution in [0.2, 0.25) is 5.02 Å². The maximum atomic E-state index is 13.3. The van der Waals surface area contributed by atoms with Crippen LogP contribution in [0.1, 0.15) is 18.0 Å². The number of halogens is 2. The van der Waals surface area contributed by atoms with Crippen LogP contribution in [0.5, 0.6) is 0 Å². The normalized spacial score (nSPS) is 12.5. The van der Waals surface area contributed by atoms with E-state index in [0.717, 1.165) is 0 Å².